The maximum absolute atomic E-state index is 14.3. The summed E-state index contributed by atoms with van der Waals surface area (Å²) in [4.78, 5) is 57.0. The Hall–Kier alpha value is -6.28. The second-order valence-electron chi connectivity index (χ2n) is 21.7. The van der Waals surface area contributed by atoms with Crippen LogP contribution in [0.2, 0.25) is 0 Å². The third-order valence-corrected chi connectivity index (χ3v) is 13.2. The fourth-order valence-corrected chi connectivity index (χ4v) is 9.15. The predicted octanol–water partition coefficient (Wildman–Crippen LogP) is 13.1. The van der Waals surface area contributed by atoms with Crippen molar-refractivity contribution in [1.82, 2.24) is 15.0 Å². The summed E-state index contributed by atoms with van der Waals surface area (Å²) >= 11 is 0. The monoisotopic (exact) mass is 882 g/mol. The lowest BCUT2D eigenvalue weighted by atomic mass is 9.72. The van der Waals surface area contributed by atoms with E-state index in [1.807, 2.05) is 39.0 Å². The van der Waals surface area contributed by atoms with Crippen LogP contribution in [0.3, 0.4) is 0 Å². The highest BCUT2D eigenvalue weighted by molar-refractivity contribution is 5.97. The zero-order chi connectivity index (χ0) is 47.7. The first-order chi connectivity index (χ1) is 31.0. The molecule has 2 atom stereocenters. The summed E-state index contributed by atoms with van der Waals surface area (Å²) in [6.07, 6.45) is 6.30. The SMILES string of the molecule is Cc1cc(CC(=O)C2CC(C(=O)Nc3cnc(-c4ccc(C(C)(C)C)cc4)c(C)c3)CC(C(=O)Nc3cnc(-c4ccc(C(C)(C)C)cc4)c(C)c3)C2)cnc1-c1ccc(C(C)(C)C)cc1. The summed E-state index contributed by atoms with van der Waals surface area (Å²) in [7, 11) is 0. The number of nitrogens with zero attached hydrogens (tertiary/aromatic N) is 3. The van der Waals surface area contributed by atoms with Crippen molar-refractivity contribution in [2.45, 2.75) is 125 Å². The molecule has 3 aromatic carbocycles. The summed E-state index contributed by atoms with van der Waals surface area (Å²) < 4.78 is 0. The molecule has 2 amide bonds. The van der Waals surface area contributed by atoms with E-state index in [4.69, 9.17) is 15.0 Å². The first kappa shape index (κ1) is 47.7. The number of amides is 2. The van der Waals surface area contributed by atoms with Crippen LogP contribution in [0.1, 0.15) is 121 Å². The molecule has 6 aromatic rings. The Morgan fingerprint density at radius 3 is 1.11 bits per heavy atom. The van der Waals surface area contributed by atoms with Gasteiger partial charge in [-0.15, -0.1) is 0 Å². The Bertz CT molecular complexity index is 2430. The number of pyridine rings is 3. The minimum Gasteiger partial charge on any atom is -0.324 e. The van der Waals surface area contributed by atoms with E-state index in [2.05, 4.69) is 146 Å². The molecule has 8 nitrogen and oxygen atoms in total. The molecule has 2 unspecified atom stereocenters. The van der Waals surface area contributed by atoms with Gasteiger partial charge in [0.05, 0.1) is 40.9 Å². The molecule has 0 aliphatic heterocycles. The molecule has 8 heteroatoms. The topological polar surface area (TPSA) is 114 Å². The van der Waals surface area contributed by atoms with E-state index in [1.54, 1.807) is 18.6 Å². The van der Waals surface area contributed by atoms with Gasteiger partial charge in [-0.25, -0.2) is 0 Å². The van der Waals surface area contributed by atoms with Crippen LogP contribution in [-0.2, 0) is 37.0 Å². The number of anilines is 2. The van der Waals surface area contributed by atoms with E-state index in [0.29, 0.717) is 30.6 Å². The third-order valence-electron chi connectivity index (χ3n) is 13.2. The van der Waals surface area contributed by atoms with Gasteiger partial charge >= 0.3 is 0 Å². The van der Waals surface area contributed by atoms with Crippen molar-refractivity contribution in [1.29, 1.82) is 0 Å². The molecule has 0 spiro atoms. The second-order valence-corrected chi connectivity index (χ2v) is 21.7. The number of benzene rings is 3. The Kier molecular flexibility index (Phi) is 13.7. The molecule has 1 saturated carbocycles. The Morgan fingerprint density at radius 1 is 0.470 bits per heavy atom. The lowest BCUT2D eigenvalue weighted by molar-refractivity contribution is -0.130. The van der Waals surface area contributed by atoms with E-state index in [0.717, 1.165) is 56.0 Å². The van der Waals surface area contributed by atoms with E-state index in [-0.39, 0.29) is 40.3 Å². The molecule has 0 saturated heterocycles. The highest BCUT2D eigenvalue weighted by Gasteiger charge is 2.39. The number of aromatic nitrogens is 3. The fourth-order valence-electron chi connectivity index (χ4n) is 9.15. The molecule has 1 fully saturated rings. The molecule has 0 bridgehead atoms. The van der Waals surface area contributed by atoms with Gasteiger partial charge in [-0.2, -0.15) is 0 Å². The molecule has 7 rings (SSSR count). The Labute approximate surface area is 392 Å². The average Bonchev–Trinajstić information content (AvgIpc) is 3.25. The summed E-state index contributed by atoms with van der Waals surface area (Å²) in [5.74, 6) is -2.13. The highest BCUT2D eigenvalue weighted by Crippen LogP contribution is 2.38. The smallest absolute Gasteiger partial charge is 0.227 e. The number of aryl methyl sites for hydroxylation is 3. The number of hydrogen-bond acceptors (Lipinski definition) is 6. The Balaban J connectivity index is 1.09. The largest absolute Gasteiger partial charge is 0.324 e. The first-order valence-electron chi connectivity index (χ1n) is 23.4. The van der Waals surface area contributed by atoms with Crippen LogP contribution < -0.4 is 10.6 Å². The van der Waals surface area contributed by atoms with Crippen molar-refractivity contribution in [3.8, 4) is 33.8 Å². The molecule has 1 aliphatic rings. The lowest BCUT2D eigenvalue weighted by Crippen LogP contribution is -2.39. The van der Waals surface area contributed by atoms with Crippen LogP contribution >= 0.6 is 0 Å². The van der Waals surface area contributed by atoms with Crippen molar-refractivity contribution in [3.05, 3.63) is 149 Å². The van der Waals surface area contributed by atoms with Crippen LogP contribution in [0.25, 0.3) is 33.8 Å². The van der Waals surface area contributed by atoms with Gasteiger partial charge in [-0.05, 0) is 107 Å². The number of Topliss-reactive ketones (excluding diaryl/α,β-unsaturated/α-hetero) is 1. The van der Waals surface area contributed by atoms with Gasteiger partial charge in [0.15, 0.2) is 0 Å². The van der Waals surface area contributed by atoms with Gasteiger partial charge in [-0.3, -0.25) is 29.3 Å². The van der Waals surface area contributed by atoms with Crippen molar-refractivity contribution in [2.24, 2.45) is 17.8 Å². The maximum Gasteiger partial charge on any atom is 0.227 e. The summed E-state index contributed by atoms with van der Waals surface area (Å²) in [6, 6.07) is 31.3. The zero-order valence-corrected chi connectivity index (χ0v) is 41.0. The minimum absolute atomic E-state index is 0.00698. The number of ketones is 1. The number of carbonyl (C=O) groups is 3. The van der Waals surface area contributed by atoms with Gasteiger partial charge in [0.2, 0.25) is 11.8 Å². The molecule has 1 aliphatic carbocycles. The maximum atomic E-state index is 14.3. The van der Waals surface area contributed by atoms with Crippen LogP contribution in [0, 0.1) is 38.5 Å². The van der Waals surface area contributed by atoms with Crippen LogP contribution in [-0.4, -0.2) is 32.5 Å². The fraction of sp³-hybridized carbons (Fsp3) is 0.379. The van der Waals surface area contributed by atoms with Crippen molar-refractivity contribution >= 4 is 29.0 Å². The number of hydrogen-bond donors (Lipinski definition) is 2. The minimum atomic E-state index is -0.579. The molecule has 3 aromatic heterocycles. The molecule has 3 heterocycles. The van der Waals surface area contributed by atoms with E-state index < -0.39 is 17.8 Å². The molecule has 342 valence electrons. The van der Waals surface area contributed by atoms with Crippen LogP contribution in [0.4, 0.5) is 11.4 Å². The van der Waals surface area contributed by atoms with Gasteiger partial charge in [0.25, 0.3) is 0 Å². The van der Waals surface area contributed by atoms with Crippen molar-refractivity contribution < 1.29 is 14.4 Å². The standard InChI is InChI=1S/C58H67N5O3/c1-35-25-38(32-59-51(35)39-13-19-45(20-14-39)56(4,5)6)28-50(64)42-29-43(54(65)62-48-26-36(2)52(60-33-48)40-15-21-46(22-16-40)57(7,8)9)31-44(30-42)55(66)63-49-27-37(3)53(61-34-49)41-17-23-47(24-18-41)58(10,11)12/h13-27,32-34,42-44H,28-31H2,1-12H3,(H,62,65)(H,63,66). The van der Waals surface area contributed by atoms with E-state index in [1.165, 1.54) is 16.7 Å². The lowest BCUT2D eigenvalue weighted by Gasteiger charge is -2.33. The summed E-state index contributed by atoms with van der Waals surface area (Å²) in [5.41, 5.74) is 14.3. The first-order valence-corrected chi connectivity index (χ1v) is 23.4. The van der Waals surface area contributed by atoms with Crippen LogP contribution in [0.15, 0.2) is 110 Å². The molecule has 2 N–H and O–H groups in total. The van der Waals surface area contributed by atoms with Crippen molar-refractivity contribution in [3.63, 3.8) is 0 Å². The molecule has 66 heavy (non-hydrogen) atoms. The number of carbonyl (C=O) groups excluding carboxylic acids is 3. The molecular formula is C58H67N5O3. The van der Waals surface area contributed by atoms with Crippen LogP contribution in [0.5, 0.6) is 0 Å². The summed E-state index contributed by atoms with van der Waals surface area (Å²) in [5, 5.41) is 6.19. The van der Waals surface area contributed by atoms with Gasteiger partial charge in [0.1, 0.15) is 5.78 Å². The quantitative estimate of drug-likeness (QED) is 0.142. The van der Waals surface area contributed by atoms with Crippen molar-refractivity contribution in [2.75, 3.05) is 10.6 Å². The third kappa shape index (κ3) is 11.2. The molecular weight excluding hydrogens is 815 g/mol. The second kappa shape index (κ2) is 18.9. The molecule has 0 radical (unpaired) electrons. The summed E-state index contributed by atoms with van der Waals surface area (Å²) in [6.45, 7) is 25.7. The number of rotatable bonds is 10. The predicted molar refractivity (Wildman–Crippen MR) is 270 cm³/mol. The van der Waals surface area contributed by atoms with Gasteiger partial charge in [-0.1, -0.05) is 141 Å². The highest BCUT2D eigenvalue weighted by atomic mass is 16.2. The van der Waals surface area contributed by atoms with E-state index >= 15 is 0 Å². The van der Waals surface area contributed by atoms with Gasteiger partial charge < -0.3 is 10.6 Å². The number of nitrogens with one attached hydrogen (secondary N) is 2. The zero-order valence-electron chi connectivity index (χ0n) is 41.0. The normalized spacial score (nSPS) is 16.7. The van der Waals surface area contributed by atoms with Gasteiger partial charge in [0, 0.05) is 47.1 Å². The average molecular weight is 882 g/mol. The van der Waals surface area contributed by atoms with E-state index in [9.17, 15) is 14.4 Å². The Morgan fingerprint density at radius 2 is 0.788 bits per heavy atom.